The Labute approximate surface area is 167 Å². The first-order valence-electron chi connectivity index (χ1n) is 9.62. The topological polar surface area (TPSA) is 89.2 Å². The minimum Gasteiger partial charge on any atom is -0.371 e. The predicted octanol–water partition coefficient (Wildman–Crippen LogP) is 1.03. The molecule has 2 aromatic heterocycles. The summed E-state index contributed by atoms with van der Waals surface area (Å²) in [6.45, 7) is 1.74. The molecule has 150 valence electrons. The Morgan fingerprint density at radius 2 is 1.76 bits per heavy atom. The van der Waals surface area contributed by atoms with Gasteiger partial charge in [0, 0.05) is 45.1 Å². The molecule has 4 rings (SSSR count). The molecule has 29 heavy (non-hydrogen) atoms. The number of benzene rings is 1. The summed E-state index contributed by atoms with van der Waals surface area (Å²) in [5.74, 6) is -0.256. The number of nitrogens with zero attached hydrogens (tertiary/aromatic N) is 4. The molecule has 0 bridgehead atoms. The second-order valence-electron chi connectivity index (χ2n) is 7.37. The average Bonchev–Trinajstić information content (AvgIpc) is 2.77. The van der Waals surface area contributed by atoms with Crippen molar-refractivity contribution in [2.75, 3.05) is 18.0 Å². The van der Waals surface area contributed by atoms with Gasteiger partial charge < -0.3 is 10.2 Å². The Hall–Kier alpha value is -3.42. The summed E-state index contributed by atoms with van der Waals surface area (Å²) in [5, 5.41) is 3.30. The van der Waals surface area contributed by atoms with Gasteiger partial charge in [-0.1, -0.05) is 18.2 Å². The van der Waals surface area contributed by atoms with E-state index in [1.54, 1.807) is 7.05 Å². The van der Waals surface area contributed by atoms with Crippen molar-refractivity contribution in [3.63, 3.8) is 0 Å². The molecule has 0 aliphatic carbocycles. The molecule has 3 aromatic rings. The maximum absolute atomic E-state index is 12.7. The highest BCUT2D eigenvalue weighted by atomic mass is 16.2. The normalized spacial score (nSPS) is 14.9. The lowest BCUT2D eigenvalue weighted by atomic mass is 10.0. The van der Waals surface area contributed by atoms with Gasteiger partial charge in [-0.05, 0) is 31.0 Å². The minimum absolute atomic E-state index is 0.0705. The van der Waals surface area contributed by atoms with Crippen LogP contribution < -0.4 is 21.5 Å². The number of amides is 1. The van der Waals surface area contributed by atoms with E-state index in [9.17, 15) is 14.4 Å². The molecule has 8 heteroatoms. The lowest BCUT2D eigenvalue weighted by molar-refractivity contribution is 0.0931. The Morgan fingerprint density at radius 3 is 2.45 bits per heavy atom. The number of rotatable bonds is 3. The molecule has 1 amide bonds. The van der Waals surface area contributed by atoms with E-state index in [0.29, 0.717) is 5.56 Å². The molecule has 1 aliphatic rings. The van der Waals surface area contributed by atoms with Gasteiger partial charge >= 0.3 is 5.69 Å². The van der Waals surface area contributed by atoms with Gasteiger partial charge in [0.05, 0.1) is 10.9 Å². The fourth-order valence-corrected chi connectivity index (χ4v) is 3.78. The molecule has 8 nitrogen and oxygen atoms in total. The molecule has 0 unspecified atom stereocenters. The second-order valence-corrected chi connectivity index (χ2v) is 7.37. The van der Waals surface area contributed by atoms with Crippen LogP contribution >= 0.6 is 0 Å². The van der Waals surface area contributed by atoms with Gasteiger partial charge in [0.25, 0.3) is 11.5 Å². The van der Waals surface area contributed by atoms with Crippen molar-refractivity contribution in [2.45, 2.75) is 18.9 Å². The lowest BCUT2D eigenvalue weighted by Crippen LogP contribution is -2.44. The van der Waals surface area contributed by atoms with Crippen molar-refractivity contribution in [2.24, 2.45) is 14.1 Å². The number of aromatic nitrogens is 3. The number of piperidine rings is 1. The molecule has 1 saturated heterocycles. The summed E-state index contributed by atoms with van der Waals surface area (Å²) in [4.78, 5) is 43.6. The van der Waals surface area contributed by atoms with Gasteiger partial charge in [-0.2, -0.15) is 0 Å². The standard InChI is InChI=1S/C21H23N5O3/c1-24-18-17(20(28)25(2)21(24)29)12-14(13-22-18)19(27)23-15-8-10-26(11-9-15)16-6-4-3-5-7-16/h3-7,12-13,15H,8-11H2,1-2H3,(H,23,27). The fraction of sp³-hybridized carbons (Fsp3) is 0.333. The molecule has 0 atom stereocenters. The van der Waals surface area contributed by atoms with E-state index in [1.807, 2.05) is 18.2 Å². The summed E-state index contributed by atoms with van der Waals surface area (Å²) in [6, 6.07) is 11.8. The van der Waals surface area contributed by atoms with Crippen molar-refractivity contribution in [1.29, 1.82) is 0 Å². The second kappa shape index (κ2) is 7.54. The maximum atomic E-state index is 12.7. The zero-order chi connectivity index (χ0) is 20.5. The predicted molar refractivity (Wildman–Crippen MR) is 111 cm³/mol. The van der Waals surface area contributed by atoms with Crippen LogP contribution in [0.3, 0.4) is 0 Å². The quantitative estimate of drug-likeness (QED) is 0.718. The maximum Gasteiger partial charge on any atom is 0.332 e. The largest absolute Gasteiger partial charge is 0.371 e. The van der Waals surface area contributed by atoms with E-state index in [2.05, 4.69) is 27.3 Å². The third-order valence-corrected chi connectivity index (χ3v) is 5.51. The summed E-state index contributed by atoms with van der Waals surface area (Å²) < 4.78 is 2.32. The van der Waals surface area contributed by atoms with Crippen LogP contribution in [0.15, 0.2) is 52.2 Å². The van der Waals surface area contributed by atoms with Crippen LogP contribution in [-0.4, -0.2) is 39.2 Å². The zero-order valence-corrected chi connectivity index (χ0v) is 16.5. The number of anilines is 1. The van der Waals surface area contributed by atoms with Crippen LogP contribution in [0.5, 0.6) is 0 Å². The van der Waals surface area contributed by atoms with Crippen molar-refractivity contribution in [3.8, 4) is 0 Å². The van der Waals surface area contributed by atoms with Crippen molar-refractivity contribution in [1.82, 2.24) is 19.4 Å². The smallest absolute Gasteiger partial charge is 0.332 e. The molecular formula is C21H23N5O3. The lowest BCUT2D eigenvalue weighted by Gasteiger charge is -2.34. The highest BCUT2D eigenvalue weighted by molar-refractivity contribution is 5.96. The number of carbonyl (C=O) groups is 1. The number of hydrogen-bond acceptors (Lipinski definition) is 5. The SMILES string of the molecule is Cn1c(=O)c2cc(C(=O)NC3CCN(c4ccccc4)CC3)cnc2n(C)c1=O. The monoisotopic (exact) mass is 393 g/mol. The van der Waals surface area contributed by atoms with Gasteiger partial charge in [-0.3, -0.25) is 18.7 Å². The molecule has 0 saturated carbocycles. The summed E-state index contributed by atoms with van der Waals surface area (Å²) in [7, 11) is 2.97. The highest BCUT2D eigenvalue weighted by Crippen LogP contribution is 2.19. The number of nitrogens with one attached hydrogen (secondary N) is 1. The van der Waals surface area contributed by atoms with Gasteiger partial charge in [0.15, 0.2) is 0 Å². The highest BCUT2D eigenvalue weighted by Gasteiger charge is 2.22. The Morgan fingerprint density at radius 1 is 1.07 bits per heavy atom. The third-order valence-electron chi connectivity index (χ3n) is 5.51. The van der Waals surface area contributed by atoms with E-state index >= 15 is 0 Å². The average molecular weight is 393 g/mol. The molecular weight excluding hydrogens is 370 g/mol. The van der Waals surface area contributed by atoms with Crippen LogP contribution in [0.1, 0.15) is 23.2 Å². The van der Waals surface area contributed by atoms with Gasteiger partial charge in [0.1, 0.15) is 5.65 Å². The summed E-state index contributed by atoms with van der Waals surface area (Å²) in [6.07, 6.45) is 3.10. The summed E-state index contributed by atoms with van der Waals surface area (Å²) >= 11 is 0. The number of fused-ring (bicyclic) bond motifs is 1. The van der Waals surface area contributed by atoms with Gasteiger partial charge in [0.2, 0.25) is 0 Å². The van der Waals surface area contributed by atoms with Crippen LogP contribution in [0.4, 0.5) is 5.69 Å². The molecule has 0 radical (unpaired) electrons. The van der Waals surface area contributed by atoms with E-state index in [-0.39, 0.29) is 23.0 Å². The fourth-order valence-electron chi connectivity index (χ4n) is 3.78. The van der Waals surface area contributed by atoms with Crippen molar-refractivity contribution in [3.05, 3.63) is 69.0 Å². The molecule has 1 fully saturated rings. The first kappa shape index (κ1) is 18.9. The molecule has 3 heterocycles. The van der Waals surface area contributed by atoms with Crippen LogP contribution in [0, 0.1) is 0 Å². The number of carbonyl (C=O) groups excluding carboxylic acids is 1. The minimum atomic E-state index is -0.457. The summed E-state index contributed by atoms with van der Waals surface area (Å²) in [5.41, 5.74) is 0.876. The van der Waals surface area contributed by atoms with Gasteiger partial charge in [-0.15, -0.1) is 0 Å². The Bertz CT molecular complexity index is 1170. The van der Waals surface area contributed by atoms with Crippen LogP contribution in [-0.2, 0) is 14.1 Å². The number of para-hydroxylation sites is 1. The van der Waals surface area contributed by atoms with E-state index in [1.165, 1.54) is 29.6 Å². The Kier molecular flexibility index (Phi) is 4.92. The van der Waals surface area contributed by atoms with E-state index in [0.717, 1.165) is 30.5 Å². The zero-order valence-electron chi connectivity index (χ0n) is 16.5. The number of hydrogen-bond donors (Lipinski definition) is 1. The van der Waals surface area contributed by atoms with Crippen molar-refractivity contribution >= 4 is 22.6 Å². The van der Waals surface area contributed by atoms with E-state index < -0.39 is 11.2 Å². The Balaban J connectivity index is 1.49. The molecule has 0 spiro atoms. The number of pyridine rings is 1. The molecule has 1 N–H and O–H groups in total. The van der Waals surface area contributed by atoms with Crippen LogP contribution in [0.25, 0.3) is 11.0 Å². The van der Waals surface area contributed by atoms with Crippen LogP contribution in [0.2, 0.25) is 0 Å². The first-order chi connectivity index (χ1) is 14.0. The van der Waals surface area contributed by atoms with Crippen molar-refractivity contribution < 1.29 is 4.79 Å². The molecule has 1 aliphatic heterocycles. The number of aryl methyl sites for hydroxylation is 1. The van der Waals surface area contributed by atoms with Gasteiger partial charge in [-0.25, -0.2) is 9.78 Å². The molecule has 1 aromatic carbocycles. The third kappa shape index (κ3) is 3.53. The van der Waals surface area contributed by atoms with E-state index in [4.69, 9.17) is 0 Å². The first-order valence-corrected chi connectivity index (χ1v) is 9.62.